The van der Waals surface area contributed by atoms with Gasteiger partial charge in [0.25, 0.3) is 0 Å². The van der Waals surface area contributed by atoms with Crippen LogP contribution in [0.5, 0.6) is 17.2 Å². The standard InChI is InChI=1S/C12H7F3N2O4/c13-12(14,15)21-9-3-1-8(2-4-9)20-10-5-6-16-11(7-10)17(18)19/h1-7H. The first-order chi connectivity index (χ1) is 9.83. The molecule has 0 aliphatic rings. The van der Waals surface area contributed by atoms with Gasteiger partial charge in [-0.3, -0.25) is 0 Å². The number of nitro groups is 1. The molecule has 0 N–H and O–H groups in total. The average molecular weight is 300 g/mol. The molecule has 2 aromatic rings. The lowest BCUT2D eigenvalue weighted by Crippen LogP contribution is -2.16. The summed E-state index contributed by atoms with van der Waals surface area (Å²) in [5.41, 5.74) is 0. The maximum atomic E-state index is 12.0. The summed E-state index contributed by atoms with van der Waals surface area (Å²) in [5.74, 6) is -0.453. The topological polar surface area (TPSA) is 74.5 Å². The molecule has 0 saturated heterocycles. The van der Waals surface area contributed by atoms with E-state index in [0.717, 1.165) is 18.2 Å². The molecule has 0 bridgehead atoms. The van der Waals surface area contributed by atoms with Crippen molar-refractivity contribution in [2.24, 2.45) is 0 Å². The monoisotopic (exact) mass is 300 g/mol. The molecule has 0 fully saturated rings. The normalized spacial score (nSPS) is 11.0. The third kappa shape index (κ3) is 4.34. The maximum absolute atomic E-state index is 12.0. The molecule has 0 aliphatic carbocycles. The Morgan fingerprint density at radius 3 is 2.24 bits per heavy atom. The summed E-state index contributed by atoms with van der Waals surface area (Å²) in [4.78, 5) is 13.4. The third-order valence-corrected chi connectivity index (χ3v) is 2.20. The number of pyridine rings is 1. The largest absolute Gasteiger partial charge is 0.573 e. The van der Waals surface area contributed by atoms with Crippen molar-refractivity contribution in [1.82, 2.24) is 4.98 Å². The fourth-order valence-corrected chi connectivity index (χ4v) is 1.41. The summed E-state index contributed by atoms with van der Waals surface area (Å²) in [6.07, 6.45) is -3.58. The van der Waals surface area contributed by atoms with Crippen molar-refractivity contribution in [1.29, 1.82) is 0 Å². The number of hydrogen-bond acceptors (Lipinski definition) is 5. The van der Waals surface area contributed by atoms with Gasteiger partial charge in [0.05, 0.1) is 6.07 Å². The minimum Gasteiger partial charge on any atom is -0.457 e. The van der Waals surface area contributed by atoms with Crippen molar-refractivity contribution in [3.05, 3.63) is 52.7 Å². The van der Waals surface area contributed by atoms with Crippen LogP contribution in [0.15, 0.2) is 42.6 Å². The lowest BCUT2D eigenvalue weighted by Gasteiger charge is -2.09. The Hall–Kier alpha value is -2.84. The first-order valence-electron chi connectivity index (χ1n) is 5.47. The zero-order chi connectivity index (χ0) is 15.5. The molecule has 0 amide bonds. The molecule has 0 radical (unpaired) electrons. The van der Waals surface area contributed by atoms with E-state index in [0.29, 0.717) is 0 Å². The molecule has 9 heteroatoms. The van der Waals surface area contributed by atoms with Crippen LogP contribution < -0.4 is 9.47 Å². The summed E-state index contributed by atoms with van der Waals surface area (Å²) >= 11 is 0. The summed E-state index contributed by atoms with van der Waals surface area (Å²) in [6.45, 7) is 0. The quantitative estimate of drug-likeness (QED) is 0.636. The highest BCUT2D eigenvalue weighted by atomic mass is 19.4. The minimum atomic E-state index is -4.77. The molecular weight excluding hydrogens is 293 g/mol. The predicted molar refractivity (Wildman–Crippen MR) is 64.1 cm³/mol. The second-order valence-corrected chi connectivity index (χ2v) is 3.73. The SMILES string of the molecule is O=[N+]([O-])c1cc(Oc2ccc(OC(F)(F)F)cc2)ccn1. The Balaban J connectivity index is 2.10. The van der Waals surface area contributed by atoms with Crippen LogP contribution in [0.25, 0.3) is 0 Å². The first kappa shape index (κ1) is 14.6. The Morgan fingerprint density at radius 1 is 1.05 bits per heavy atom. The van der Waals surface area contributed by atoms with E-state index in [1.165, 1.54) is 24.4 Å². The van der Waals surface area contributed by atoms with E-state index >= 15 is 0 Å². The predicted octanol–water partition coefficient (Wildman–Crippen LogP) is 3.68. The summed E-state index contributed by atoms with van der Waals surface area (Å²) in [5, 5.41) is 10.5. The smallest absolute Gasteiger partial charge is 0.457 e. The molecule has 0 aliphatic heterocycles. The Bertz CT molecular complexity index is 644. The lowest BCUT2D eigenvalue weighted by molar-refractivity contribution is -0.389. The number of hydrogen-bond donors (Lipinski definition) is 0. The molecule has 21 heavy (non-hydrogen) atoms. The zero-order valence-corrected chi connectivity index (χ0v) is 10.2. The molecule has 0 spiro atoms. The van der Waals surface area contributed by atoms with E-state index in [2.05, 4.69) is 9.72 Å². The molecule has 0 saturated carbocycles. The van der Waals surface area contributed by atoms with E-state index in [1.807, 2.05) is 0 Å². The number of ether oxygens (including phenoxy) is 2. The van der Waals surface area contributed by atoms with Crippen molar-refractivity contribution < 1.29 is 27.6 Å². The average Bonchev–Trinajstić information content (AvgIpc) is 2.40. The van der Waals surface area contributed by atoms with Crippen LogP contribution in [0.3, 0.4) is 0 Å². The first-order valence-corrected chi connectivity index (χ1v) is 5.47. The van der Waals surface area contributed by atoms with Crippen LogP contribution in [0.1, 0.15) is 0 Å². The van der Waals surface area contributed by atoms with Gasteiger partial charge in [-0.1, -0.05) is 0 Å². The molecule has 0 unspecified atom stereocenters. The van der Waals surface area contributed by atoms with Gasteiger partial charge in [-0.25, -0.2) is 0 Å². The minimum absolute atomic E-state index is 0.140. The van der Waals surface area contributed by atoms with Gasteiger partial charge in [-0.15, -0.1) is 13.2 Å². The van der Waals surface area contributed by atoms with E-state index < -0.39 is 22.9 Å². The molecule has 110 valence electrons. The van der Waals surface area contributed by atoms with Gasteiger partial charge in [0, 0.05) is 6.07 Å². The second-order valence-electron chi connectivity index (χ2n) is 3.73. The Morgan fingerprint density at radius 2 is 1.67 bits per heavy atom. The lowest BCUT2D eigenvalue weighted by atomic mass is 10.3. The second kappa shape index (κ2) is 5.65. The molecule has 0 atom stereocenters. The van der Waals surface area contributed by atoms with E-state index in [-0.39, 0.29) is 11.5 Å². The number of nitrogens with zero attached hydrogens (tertiary/aromatic N) is 2. The third-order valence-electron chi connectivity index (χ3n) is 2.20. The van der Waals surface area contributed by atoms with E-state index in [9.17, 15) is 23.3 Å². The number of rotatable bonds is 4. The molecular formula is C12H7F3N2O4. The molecule has 1 aromatic heterocycles. The summed E-state index contributed by atoms with van der Waals surface area (Å²) in [7, 11) is 0. The zero-order valence-electron chi connectivity index (χ0n) is 10.2. The van der Waals surface area contributed by atoms with Crippen molar-refractivity contribution in [3.63, 3.8) is 0 Å². The van der Waals surface area contributed by atoms with Crippen molar-refractivity contribution in [2.45, 2.75) is 6.36 Å². The fourth-order valence-electron chi connectivity index (χ4n) is 1.41. The molecule has 2 rings (SSSR count). The van der Waals surface area contributed by atoms with E-state index in [1.54, 1.807) is 0 Å². The number of aromatic nitrogens is 1. The van der Waals surface area contributed by atoms with Crippen LogP contribution >= 0.6 is 0 Å². The van der Waals surface area contributed by atoms with Gasteiger partial charge in [0.1, 0.15) is 23.4 Å². The summed E-state index contributed by atoms with van der Waals surface area (Å²) < 4.78 is 44.9. The van der Waals surface area contributed by atoms with Crippen molar-refractivity contribution in [3.8, 4) is 17.2 Å². The molecule has 1 heterocycles. The van der Waals surface area contributed by atoms with Gasteiger partial charge >= 0.3 is 12.2 Å². The van der Waals surface area contributed by atoms with Gasteiger partial charge in [0.15, 0.2) is 0 Å². The van der Waals surface area contributed by atoms with E-state index in [4.69, 9.17) is 4.74 Å². The van der Waals surface area contributed by atoms with Crippen LogP contribution in [-0.4, -0.2) is 16.3 Å². The van der Waals surface area contributed by atoms with Crippen LogP contribution in [-0.2, 0) is 0 Å². The Labute approximate surface area is 115 Å². The highest BCUT2D eigenvalue weighted by Gasteiger charge is 2.30. The highest BCUT2D eigenvalue weighted by Crippen LogP contribution is 2.28. The Kier molecular flexibility index (Phi) is 3.92. The van der Waals surface area contributed by atoms with Crippen LogP contribution in [0.2, 0.25) is 0 Å². The van der Waals surface area contributed by atoms with Gasteiger partial charge in [0.2, 0.25) is 0 Å². The van der Waals surface area contributed by atoms with Crippen molar-refractivity contribution >= 4 is 5.82 Å². The highest BCUT2D eigenvalue weighted by molar-refractivity contribution is 5.37. The number of halogens is 3. The van der Waals surface area contributed by atoms with Gasteiger partial charge < -0.3 is 19.6 Å². The van der Waals surface area contributed by atoms with Gasteiger partial charge in [-0.2, -0.15) is 0 Å². The summed E-state index contributed by atoms with van der Waals surface area (Å²) in [6, 6.07) is 7.10. The van der Waals surface area contributed by atoms with Crippen LogP contribution in [0.4, 0.5) is 19.0 Å². The van der Waals surface area contributed by atoms with Gasteiger partial charge in [-0.05, 0) is 34.2 Å². The molecule has 6 nitrogen and oxygen atoms in total. The number of alkyl halides is 3. The maximum Gasteiger partial charge on any atom is 0.573 e. The number of benzene rings is 1. The van der Waals surface area contributed by atoms with Crippen LogP contribution in [0, 0.1) is 10.1 Å². The van der Waals surface area contributed by atoms with Crippen molar-refractivity contribution in [2.75, 3.05) is 0 Å². The molecule has 1 aromatic carbocycles. The fraction of sp³-hybridized carbons (Fsp3) is 0.0833.